The first-order valence-electron chi connectivity index (χ1n) is 13.6. The molecule has 39 heavy (non-hydrogen) atoms. The molecule has 0 saturated heterocycles. The van der Waals surface area contributed by atoms with Crippen LogP contribution in [-0.4, -0.2) is 15.9 Å². The number of hydrogen-bond acceptors (Lipinski definition) is 3. The Morgan fingerprint density at radius 3 is 2.21 bits per heavy atom. The van der Waals surface area contributed by atoms with Crippen LogP contribution < -0.4 is 0 Å². The van der Waals surface area contributed by atoms with Crippen LogP contribution in [0, 0.1) is 19.9 Å². The molecule has 0 aliphatic carbocycles. The van der Waals surface area contributed by atoms with Crippen LogP contribution in [0.15, 0.2) is 60.4 Å². The number of aromatic nitrogens is 1. The van der Waals surface area contributed by atoms with Gasteiger partial charge in [-0.15, -0.1) is 29.1 Å². The van der Waals surface area contributed by atoms with Crippen LogP contribution in [0.4, 0.5) is 0 Å². The van der Waals surface area contributed by atoms with Gasteiger partial charge in [0.05, 0.1) is 11.3 Å². The Balaban J connectivity index is 0.000000592. The maximum absolute atomic E-state index is 10.0. The number of aryl methyl sites for hydroxylation is 2. The molecule has 0 bridgehead atoms. The molecule has 0 spiro atoms. The number of allylic oxidation sites excluding steroid dienone is 2. The minimum absolute atomic E-state index is 0. The SMILES string of the molecule is CC(=O)/C=C(/C)O.CCC(CC)c1cc(-c2[c-]c3ccccc3c(C(C)(C)C)c2)nc2cc(C)cc(C)c12.[Ir]. The summed E-state index contributed by atoms with van der Waals surface area (Å²) >= 11 is 0. The zero-order valence-electron chi connectivity index (χ0n) is 24.8. The second-order valence-electron chi connectivity index (χ2n) is 11.4. The van der Waals surface area contributed by atoms with E-state index in [0.717, 1.165) is 35.0 Å². The summed E-state index contributed by atoms with van der Waals surface area (Å²) in [5.41, 5.74) is 8.66. The standard InChI is InChI=1S/C30H34N.C5H8O2.Ir/c1-8-21(9-2)25-18-27(31-28-15-19(3)14-20(4)29(25)28)23-16-22-12-10-11-13-24(22)26(17-23)30(5,6)7;1-4(6)3-5(2)7;/h10-15,17-18,21H,8-9H2,1-7H3;3,6H,1-2H3;/q-1;;/b;4-3-;. The van der Waals surface area contributed by atoms with Crippen LogP contribution in [0.2, 0.25) is 0 Å². The Hall–Kier alpha value is -2.81. The van der Waals surface area contributed by atoms with Crippen molar-refractivity contribution in [3.8, 4) is 11.3 Å². The van der Waals surface area contributed by atoms with Gasteiger partial charge < -0.3 is 5.11 Å². The molecule has 4 aromatic rings. The fourth-order valence-corrected chi connectivity index (χ4v) is 5.26. The Labute approximate surface area is 248 Å². The van der Waals surface area contributed by atoms with Crippen molar-refractivity contribution in [2.75, 3.05) is 0 Å². The third kappa shape index (κ3) is 7.87. The maximum atomic E-state index is 10.0. The molecule has 3 nitrogen and oxygen atoms in total. The summed E-state index contributed by atoms with van der Waals surface area (Å²) in [4.78, 5) is 15.2. The Morgan fingerprint density at radius 1 is 1.03 bits per heavy atom. The largest absolute Gasteiger partial charge is 0.512 e. The number of hydrogen-bond donors (Lipinski definition) is 1. The summed E-state index contributed by atoms with van der Waals surface area (Å²) in [5.74, 6) is 0.473. The number of rotatable bonds is 5. The molecule has 3 aromatic carbocycles. The van der Waals surface area contributed by atoms with E-state index in [1.54, 1.807) is 0 Å². The number of benzene rings is 3. The van der Waals surface area contributed by atoms with Gasteiger partial charge in [0.25, 0.3) is 0 Å². The molecule has 0 amide bonds. The van der Waals surface area contributed by atoms with E-state index in [2.05, 4.69) is 103 Å². The topological polar surface area (TPSA) is 50.2 Å². The minimum atomic E-state index is -0.125. The van der Waals surface area contributed by atoms with Crippen molar-refractivity contribution in [1.82, 2.24) is 4.98 Å². The minimum Gasteiger partial charge on any atom is -0.512 e. The first-order chi connectivity index (χ1) is 17.8. The molecule has 1 aromatic heterocycles. The van der Waals surface area contributed by atoms with Crippen molar-refractivity contribution in [2.24, 2.45) is 0 Å². The van der Waals surface area contributed by atoms with Gasteiger partial charge in [0, 0.05) is 37.3 Å². The molecule has 0 aliphatic heterocycles. The summed E-state index contributed by atoms with van der Waals surface area (Å²) in [6.45, 7) is 18.7. The first kappa shape index (κ1) is 32.4. The van der Waals surface area contributed by atoms with Crippen molar-refractivity contribution >= 4 is 27.5 Å². The first-order valence-corrected chi connectivity index (χ1v) is 13.6. The number of fused-ring (bicyclic) bond motifs is 2. The van der Waals surface area contributed by atoms with Gasteiger partial charge in [-0.1, -0.05) is 75.9 Å². The summed E-state index contributed by atoms with van der Waals surface area (Å²) in [6.07, 6.45) is 3.44. The van der Waals surface area contributed by atoms with E-state index in [1.807, 2.05) is 0 Å². The third-order valence-electron chi connectivity index (χ3n) is 6.98. The van der Waals surface area contributed by atoms with E-state index in [0.29, 0.717) is 5.92 Å². The van der Waals surface area contributed by atoms with Crippen molar-refractivity contribution in [3.63, 3.8) is 0 Å². The van der Waals surface area contributed by atoms with Crippen LogP contribution in [0.3, 0.4) is 0 Å². The molecule has 209 valence electrons. The third-order valence-corrected chi connectivity index (χ3v) is 6.98. The van der Waals surface area contributed by atoms with Gasteiger partial charge in [0.2, 0.25) is 0 Å². The predicted octanol–water partition coefficient (Wildman–Crippen LogP) is 9.71. The number of pyridine rings is 1. The number of aliphatic hydroxyl groups is 1. The van der Waals surface area contributed by atoms with Gasteiger partial charge in [-0.3, -0.25) is 9.78 Å². The zero-order valence-corrected chi connectivity index (χ0v) is 27.2. The van der Waals surface area contributed by atoms with Crippen LogP contribution in [0.1, 0.15) is 89.5 Å². The summed E-state index contributed by atoms with van der Waals surface area (Å²) < 4.78 is 0. The molecule has 4 heteroatoms. The van der Waals surface area contributed by atoms with Crippen molar-refractivity contribution < 1.29 is 30.0 Å². The van der Waals surface area contributed by atoms with Crippen LogP contribution in [0.5, 0.6) is 0 Å². The molecule has 1 heterocycles. The molecule has 0 atom stereocenters. The number of nitrogens with zero attached hydrogens (tertiary/aromatic N) is 1. The van der Waals surface area contributed by atoms with E-state index in [9.17, 15) is 4.79 Å². The normalized spacial score (nSPS) is 11.8. The van der Waals surface area contributed by atoms with Crippen LogP contribution >= 0.6 is 0 Å². The van der Waals surface area contributed by atoms with Gasteiger partial charge in [0.1, 0.15) is 0 Å². The fourth-order valence-electron chi connectivity index (χ4n) is 5.26. The van der Waals surface area contributed by atoms with Gasteiger partial charge in [0.15, 0.2) is 5.78 Å². The van der Waals surface area contributed by atoms with E-state index in [4.69, 9.17) is 10.1 Å². The Morgan fingerprint density at radius 2 is 1.67 bits per heavy atom. The smallest absolute Gasteiger partial charge is 0.155 e. The molecular weight excluding hydrogens is 659 g/mol. The Bertz CT molecular complexity index is 1490. The summed E-state index contributed by atoms with van der Waals surface area (Å²) in [7, 11) is 0. The van der Waals surface area contributed by atoms with Gasteiger partial charge in [-0.2, -0.15) is 0 Å². The number of aliphatic hydroxyl groups excluding tert-OH is 1. The van der Waals surface area contributed by atoms with E-state index in [-0.39, 0.29) is 37.1 Å². The van der Waals surface area contributed by atoms with Gasteiger partial charge in [-0.05, 0) is 74.6 Å². The molecule has 1 N–H and O–H groups in total. The summed E-state index contributed by atoms with van der Waals surface area (Å²) in [6, 6.07) is 21.5. The van der Waals surface area contributed by atoms with E-state index in [1.165, 1.54) is 52.9 Å². The number of carbonyl (C=O) groups excluding carboxylic acids is 1. The van der Waals surface area contributed by atoms with E-state index >= 15 is 0 Å². The van der Waals surface area contributed by atoms with Crippen molar-refractivity contribution in [3.05, 3.63) is 88.7 Å². The monoisotopic (exact) mass is 701 g/mol. The number of carbonyl (C=O) groups is 1. The van der Waals surface area contributed by atoms with Crippen molar-refractivity contribution in [2.45, 2.75) is 86.5 Å². The molecule has 0 saturated carbocycles. The van der Waals surface area contributed by atoms with Crippen LogP contribution in [-0.2, 0) is 30.3 Å². The summed E-state index contributed by atoms with van der Waals surface area (Å²) in [5, 5.41) is 12.1. The van der Waals surface area contributed by atoms with Gasteiger partial charge >= 0.3 is 0 Å². The molecule has 0 aliphatic rings. The second kappa shape index (κ2) is 13.5. The zero-order chi connectivity index (χ0) is 28.2. The molecule has 0 fully saturated rings. The van der Waals surface area contributed by atoms with Crippen molar-refractivity contribution in [1.29, 1.82) is 0 Å². The average Bonchev–Trinajstić information content (AvgIpc) is 2.82. The van der Waals surface area contributed by atoms with Crippen LogP contribution in [0.25, 0.3) is 32.9 Å². The number of ketones is 1. The maximum Gasteiger partial charge on any atom is 0.155 e. The Kier molecular flexibility index (Phi) is 11.2. The molecule has 1 radical (unpaired) electrons. The quantitative estimate of drug-likeness (QED) is 0.128. The van der Waals surface area contributed by atoms with Gasteiger partial charge in [-0.25, -0.2) is 0 Å². The molecule has 0 unspecified atom stereocenters. The fraction of sp³-hybridized carbons (Fsp3) is 0.371. The molecular formula is C35H42IrNO2-. The second-order valence-corrected chi connectivity index (χ2v) is 11.4. The predicted molar refractivity (Wildman–Crippen MR) is 162 cm³/mol. The van der Waals surface area contributed by atoms with E-state index < -0.39 is 0 Å². The average molecular weight is 701 g/mol. The molecule has 4 rings (SSSR count).